The number of anilines is 1. The Labute approximate surface area is 112 Å². The Morgan fingerprint density at radius 3 is 2.47 bits per heavy atom. The fourth-order valence-corrected chi connectivity index (χ4v) is 3.46. The minimum atomic E-state index is -0.457. The van der Waals surface area contributed by atoms with E-state index in [2.05, 4.69) is 5.32 Å². The van der Waals surface area contributed by atoms with E-state index >= 15 is 0 Å². The molecule has 2 nitrogen and oxygen atoms in total. The Hall–Kier alpha value is -1.16. The number of piperazine rings is 1. The Bertz CT molecular complexity index is 449. The molecule has 1 spiro atoms. The molecule has 1 aliphatic heterocycles. The van der Waals surface area contributed by atoms with Crippen LogP contribution in [0.25, 0.3) is 0 Å². The summed E-state index contributed by atoms with van der Waals surface area (Å²) in [5.74, 6) is -0.913. The Balaban J connectivity index is 1.93. The first-order valence-corrected chi connectivity index (χ1v) is 7.07. The van der Waals surface area contributed by atoms with Gasteiger partial charge in [-0.15, -0.1) is 0 Å². The molecule has 1 atom stereocenters. The average molecular weight is 266 g/mol. The second-order valence-corrected chi connectivity index (χ2v) is 5.92. The van der Waals surface area contributed by atoms with Gasteiger partial charge in [0.1, 0.15) is 17.3 Å². The highest BCUT2D eigenvalue weighted by molar-refractivity contribution is 5.51. The molecule has 3 rings (SSSR count). The first-order valence-electron chi connectivity index (χ1n) is 7.07. The highest BCUT2D eigenvalue weighted by Crippen LogP contribution is 2.36. The van der Waals surface area contributed by atoms with Crippen molar-refractivity contribution in [3.8, 4) is 0 Å². The van der Waals surface area contributed by atoms with Gasteiger partial charge < -0.3 is 10.2 Å². The van der Waals surface area contributed by atoms with E-state index in [1.807, 2.05) is 11.8 Å². The predicted octanol–water partition coefficient (Wildman–Crippen LogP) is 3.08. The SMILES string of the molecule is CC1CNC2(CCCC2)CN1c1c(F)cccc1F. The topological polar surface area (TPSA) is 15.3 Å². The van der Waals surface area contributed by atoms with Crippen molar-refractivity contribution in [2.24, 2.45) is 0 Å². The van der Waals surface area contributed by atoms with Crippen molar-refractivity contribution >= 4 is 5.69 Å². The summed E-state index contributed by atoms with van der Waals surface area (Å²) in [4.78, 5) is 1.91. The summed E-state index contributed by atoms with van der Waals surface area (Å²) < 4.78 is 28.0. The van der Waals surface area contributed by atoms with Crippen molar-refractivity contribution in [3.63, 3.8) is 0 Å². The van der Waals surface area contributed by atoms with Crippen LogP contribution in [0.15, 0.2) is 18.2 Å². The molecule has 1 unspecified atom stereocenters. The molecule has 1 N–H and O–H groups in total. The van der Waals surface area contributed by atoms with Crippen LogP contribution in [0.1, 0.15) is 32.6 Å². The Morgan fingerprint density at radius 1 is 1.21 bits per heavy atom. The highest BCUT2D eigenvalue weighted by Gasteiger charge is 2.41. The summed E-state index contributed by atoms with van der Waals surface area (Å²) in [6.07, 6.45) is 4.61. The molecule has 1 aliphatic carbocycles. The van der Waals surface area contributed by atoms with E-state index in [9.17, 15) is 8.78 Å². The number of para-hydroxylation sites is 1. The van der Waals surface area contributed by atoms with E-state index in [0.717, 1.165) is 19.4 Å². The second kappa shape index (κ2) is 4.75. The van der Waals surface area contributed by atoms with E-state index in [4.69, 9.17) is 0 Å². The van der Waals surface area contributed by atoms with Crippen LogP contribution in [0.2, 0.25) is 0 Å². The maximum atomic E-state index is 14.0. The molecule has 4 heteroatoms. The van der Waals surface area contributed by atoms with Crippen LogP contribution in [0, 0.1) is 11.6 Å². The Morgan fingerprint density at radius 2 is 1.84 bits per heavy atom. The molecule has 1 saturated heterocycles. The van der Waals surface area contributed by atoms with E-state index in [1.165, 1.54) is 31.0 Å². The lowest BCUT2D eigenvalue weighted by Crippen LogP contribution is -2.63. The fraction of sp³-hybridized carbons (Fsp3) is 0.600. The fourth-order valence-electron chi connectivity index (χ4n) is 3.46. The van der Waals surface area contributed by atoms with Gasteiger partial charge in [0.25, 0.3) is 0 Å². The molecular weight excluding hydrogens is 246 g/mol. The van der Waals surface area contributed by atoms with Crippen LogP contribution in [0.5, 0.6) is 0 Å². The third-order valence-electron chi connectivity index (χ3n) is 4.56. The van der Waals surface area contributed by atoms with Gasteiger partial charge in [-0.2, -0.15) is 0 Å². The first kappa shape index (κ1) is 12.9. The number of hydrogen-bond donors (Lipinski definition) is 1. The average Bonchev–Trinajstić information content (AvgIpc) is 2.82. The third kappa shape index (κ3) is 2.22. The van der Waals surface area contributed by atoms with Gasteiger partial charge in [-0.05, 0) is 31.9 Å². The highest BCUT2D eigenvalue weighted by atomic mass is 19.1. The van der Waals surface area contributed by atoms with Crippen molar-refractivity contribution < 1.29 is 8.78 Å². The standard InChI is InChI=1S/C15H20F2N2/c1-11-9-18-15(7-2-3-8-15)10-19(11)14-12(16)5-4-6-13(14)17/h4-6,11,18H,2-3,7-10H2,1H3. The summed E-state index contributed by atoms with van der Waals surface area (Å²) in [5, 5.41) is 3.60. The normalized spacial score (nSPS) is 26.1. The van der Waals surface area contributed by atoms with Crippen LogP contribution in [0.3, 0.4) is 0 Å². The smallest absolute Gasteiger partial charge is 0.149 e. The molecule has 0 aromatic heterocycles. The molecule has 104 valence electrons. The molecule has 0 radical (unpaired) electrons. The summed E-state index contributed by atoms with van der Waals surface area (Å²) in [6.45, 7) is 3.50. The van der Waals surface area contributed by atoms with Crippen LogP contribution in [-0.2, 0) is 0 Å². The molecule has 0 bridgehead atoms. The molecule has 2 aliphatic rings. The lowest BCUT2D eigenvalue weighted by molar-refractivity contribution is 0.274. The van der Waals surface area contributed by atoms with Gasteiger partial charge in [-0.3, -0.25) is 0 Å². The third-order valence-corrected chi connectivity index (χ3v) is 4.56. The van der Waals surface area contributed by atoms with Crippen molar-refractivity contribution in [1.29, 1.82) is 0 Å². The molecule has 1 saturated carbocycles. The molecule has 1 heterocycles. The quantitative estimate of drug-likeness (QED) is 0.840. The molecule has 19 heavy (non-hydrogen) atoms. The molecule has 1 aromatic carbocycles. The van der Waals surface area contributed by atoms with Gasteiger partial charge >= 0.3 is 0 Å². The van der Waals surface area contributed by atoms with Crippen LogP contribution in [0.4, 0.5) is 14.5 Å². The van der Waals surface area contributed by atoms with E-state index in [0.29, 0.717) is 6.54 Å². The number of benzene rings is 1. The largest absolute Gasteiger partial charge is 0.361 e. The van der Waals surface area contributed by atoms with Crippen molar-refractivity contribution in [2.45, 2.75) is 44.2 Å². The molecule has 1 aromatic rings. The second-order valence-electron chi connectivity index (χ2n) is 5.92. The number of nitrogens with zero attached hydrogens (tertiary/aromatic N) is 1. The zero-order valence-corrected chi connectivity index (χ0v) is 11.3. The number of hydrogen-bond acceptors (Lipinski definition) is 2. The number of nitrogens with one attached hydrogen (secondary N) is 1. The first-order chi connectivity index (χ1) is 9.11. The van der Waals surface area contributed by atoms with E-state index < -0.39 is 11.6 Å². The van der Waals surface area contributed by atoms with Crippen molar-refractivity contribution in [2.75, 3.05) is 18.0 Å². The maximum absolute atomic E-state index is 14.0. The zero-order chi connectivity index (χ0) is 13.5. The minimum Gasteiger partial charge on any atom is -0.361 e. The molecule has 2 fully saturated rings. The van der Waals surface area contributed by atoms with Crippen molar-refractivity contribution in [1.82, 2.24) is 5.32 Å². The van der Waals surface area contributed by atoms with Gasteiger partial charge in [0.2, 0.25) is 0 Å². The van der Waals surface area contributed by atoms with Gasteiger partial charge in [-0.25, -0.2) is 8.78 Å². The van der Waals surface area contributed by atoms with Crippen molar-refractivity contribution in [3.05, 3.63) is 29.8 Å². The monoisotopic (exact) mass is 266 g/mol. The van der Waals surface area contributed by atoms with Gasteiger partial charge in [-0.1, -0.05) is 18.9 Å². The lowest BCUT2D eigenvalue weighted by atomic mass is 9.92. The van der Waals surface area contributed by atoms with Gasteiger partial charge in [0.05, 0.1) is 0 Å². The summed E-state index contributed by atoms with van der Waals surface area (Å²) in [7, 11) is 0. The predicted molar refractivity (Wildman–Crippen MR) is 72.4 cm³/mol. The molecule has 0 amide bonds. The van der Waals surface area contributed by atoms with Crippen LogP contribution < -0.4 is 10.2 Å². The van der Waals surface area contributed by atoms with E-state index in [-0.39, 0.29) is 17.3 Å². The van der Waals surface area contributed by atoms with E-state index in [1.54, 1.807) is 0 Å². The number of halogens is 2. The minimum absolute atomic E-state index is 0.0568. The van der Waals surface area contributed by atoms with Crippen LogP contribution in [-0.4, -0.2) is 24.7 Å². The van der Waals surface area contributed by atoms with Gasteiger partial charge in [0.15, 0.2) is 0 Å². The summed E-state index contributed by atoms with van der Waals surface area (Å²) in [5.41, 5.74) is 0.198. The zero-order valence-electron chi connectivity index (χ0n) is 11.3. The lowest BCUT2D eigenvalue weighted by Gasteiger charge is -2.46. The Kier molecular flexibility index (Phi) is 3.21. The maximum Gasteiger partial charge on any atom is 0.149 e. The summed E-state index contributed by atoms with van der Waals surface area (Å²) in [6, 6.07) is 4.22. The van der Waals surface area contributed by atoms with Gasteiger partial charge in [0, 0.05) is 24.7 Å². The number of rotatable bonds is 1. The van der Waals surface area contributed by atoms with Crippen LogP contribution >= 0.6 is 0 Å². The molecular formula is C15H20F2N2. The summed E-state index contributed by atoms with van der Waals surface area (Å²) >= 11 is 0.